The van der Waals surface area contributed by atoms with Crippen LogP contribution in [-0.4, -0.2) is 25.0 Å². The number of ether oxygens (including phenoxy) is 2. The van der Waals surface area contributed by atoms with Gasteiger partial charge in [0.25, 0.3) is 11.8 Å². The van der Waals surface area contributed by atoms with Crippen molar-refractivity contribution in [1.29, 1.82) is 0 Å². The minimum atomic E-state index is -0.488. The van der Waals surface area contributed by atoms with Crippen LogP contribution in [-0.2, 0) is 16.0 Å². The van der Waals surface area contributed by atoms with Crippen molar-refractivity contribution in [3.8, 4) is 11.5 Å². The van der Waals surface area contributed by atoms with Gasteiger partial charge in [-0.05, 0) is 54.8 Å². The summed E-state index contributed by atoms with van der Waals surface area (Å²) in [6.45, 7) is 3.46. The molecule has 2 rings (SSSR count). The maximum Gasteiger partial charge on any atom is 0.276 e. The van der Waals surface area contributed by atoms with E-state index in [1.54, 1.807) is 30.3 Å². The number of nitrogens with one attached hydrogen (secondary N) is 2. The molecule has 2 N–H and O–H groups in total. The fraction of sp³-hybridized carbons (Fsp3) is 0.263. The topological polar surface area (TPSA) is 76.7 Å². The average molecular weight is 377 g/mol. The quantitative estimate of drug-likeness (QED) is 0.728. The second-order valence-electron chi connectivity index (χ2n) is 5.58. The molecule has 0 aliphatic carbocycles. The van der Waals surface area contributed by atoms with Gasteiger partial charge in [0.05, 0.1) is 0 Å². The second-order valence-corrected chi connectivity index (χ2v) is 5.99. The van der Waals surface area contributed by atoms with Gasteiger partial charge in [-0.2, -0.15) is 0 Å². The Morgan fingerprint density at radius 1 is 0.923 bits per heavy atom. The highest BCUT2D eigenvalue weighted by Crippen LogP contribution is 2.20. The maximum absolute atomic E-state index is 11.7. The Hall–Kier alpha value is -2.73. The molecule has 0 aliphatic rings. The van der Waals surface area contributed by atoms with Crippen molar-refractivity contribution >= 4 is 23.4 Å². The average Bonchev–Trinajstić information content (AvgIpc) is 2.66. The third-order valence-corrected chi connectivity index (χ3v) is 3.97. The molecule has 0 heterocycles. The van der Waals surface area contributed by atoms with Crippen molar-refractivity contribution in [3.63, 3.8) is 0 Å². The van der Waals surface area contributed by atoms with Gasteiger partial charge in [-0.15, -0.1) is 0 Å². The Morgan fingerprint density at radius 2 is 1.46 bits per heavy atom. The summed E-state index contributed by atoms with van der Waals surface area (Å²) in [5.74, 6) is 0.149. The lowest BCUT2D eigenvalue weighted by Gasteiger charge is -2.10. The molecule has 2 amide bonds. The summed E-state index contributed by atoms with van der Waals surface area (Å²) in [6, 6.07) is 12.6. The molecule has 138 valence electrons. The molecular weight excluding hydrogens is 356 g/mol. The first-order valence-corrected chi connectivity index (χ1v) is 8.54. The van der Waals surface area contributed by atoms with Gasteiger partial charge in [0.1, 0.15) is 11.5 Å². The van der Waals surface area contributed by atoms with Crippen molar-refractivity contribution in [3.05, 3.63) is 58.6 Å². The SMILES string of the molecule is CCc1ccc(OCC(=O)NNC(=O)COc2ccc(Cl)c(C)c2)cc1. The third kappa shape index (κ3) is 6.29. The van der Waals surface area contributed by atoms with E-state index in [4.69, 9.17) is 21.1 Å². The lowest BCUT2D eigenvalue weighted by atomic mass is 10.2. The van der Waals surface area contributed by atoms with Gasteiger partial charge in [0.2, 0.25) is 0 Å². The molecule has 2 aromatic rings. The highest BCUT2D eigenvalue weighted by molar-refractivity contribution is 6.31. The zero-order valence-electron chi connectivity index (χ0n) is 14.7. The van der Waals surface area contributed by atoms with Crippen LogP contribution in [0.3, 0.4) is 0 Å². The lowest BCUT2D eigenvalue weighted by molar-refractivity contribution is -0.131. The van der Waals surface area contributed by atoms with Crippen molar-refractivity contribution < 1.29 is 19.1 Å². The van der Waals surface area contributed by atoms with Gasteiger partial charge in [0, 0.05) is 5.02 Å². The number of rotatable bonds is 7. The lowest BCUT2D eigenvalue weighted by Crippen LogP contribution is -2.45. The van der Waals surface area contributed by atoms with E-state index in [-0.39, 0.29) is 13.2 Å². The normalized spacial score (nSPS) is 10.1. The Bertz CT molecular complexity index is 763. The molecule has 0 saturated carbocycles. The molecular formula is C19H21ClN2O4. The zero-order valence-corrected chi connectivity index (χ0v) is 15.4. The Kier molecular flexibility index (Phi) is 7.29. The first kappa shape index (κ1) is 19.6. The Morgan fingerprint density at radius 3 is 2.00 bits per heavy atom. The van der Waals surface area contributed by atoms with Crippen LogP contribution in [0.4, 0.5) is 0 Å². The third-order valence-electron chi connectivity index (χ3n) is 3.54. The first-order chi connectivity index (χ1) is 12.5. The summed E-state index contributed by atoms with van der Waals surface area (Å²) >= 11 is 5.92. The fourth-order valence-corrected chi connectivity index (χ4v) is 2.16. The number of amides is 2. The van der Waals surface area contributed by atoms with E-state index in [1.165, 1.54) is 5.56 Å². The van der Waals surface area contributed by atoms with Crippen molar-refractivity contribution in [1.82, 2.24) is 10.9 Å². The summed E-state index contributed by atoms with van der Waals surface area (Å²) in [4.78, 5) is 23.4. The summed E-state index contributed by atoms with van der Waals surface area (Å²) < 4.78 is 10.7. The molecule has 6 nitrogen and oxygen atoms in total. The van der Waals surface area contributed by atoms with E-state index in [1.807, 2.05) is 19.1 Å². The van der Waals surface area contributed by atoms with Gasteiger partial charge >= 0.3 is 0 Å². The molecule has 0 aromatic heterocycles. The van der Waals surface area contributed by atoms with E-state index in [0.717, 1.165) is 12.0 Å². The molecule has 2 aromatic carbocycles. The van der Waals surface area contributed by atoms with Crippen LogP contribution in [0, 0.1) is 6.92 Å². The number of aryl methyl sites for hydroxylation is 2. The monoisotopic (exact) mass is 376 g/mol. The molecule has 0 unspecified atom stereocenters. The van der Waals surface area contributed by atoms with Crippen LogP contribution >= 0.6 is 11.6 Å². The molecule has 0 fully saturated rings. The summed E-state index contributed by atoms with van der Waals surface area (Å²) in [5.41, 5.74) is 6.57. The zero-order chi connectivity index (χ0) is 18.9. The largest absolute Gasteiger partial charge is 0.484 e. The number of halogens is 1. The molecule has 0 atom stereocenters. The second kappa shape index (κ2) is 9.68. The number of hydrogen-bond donors (Lipinski definition) is 2. The molecule has 0 saturated heterocycles. The van der Waals surface area contributed by atoms with Crippen LogP contribution in [0.25, 0.3) is 0 Å². The van der Waals surface area contributed by atoms with Gasteiger partial charge in [-0.25, -0.2) is 0 Å². The molecule has 26 heavy (non-hydrogen) atoms. The molecule has 0 aliphatic heterocycles. The molecule has 0 spiro atoms. The Labute approximate surface area is 157 Å². The number of hydrazine groups is 1. The van der Waals surface area contributed by atoms with Crippen LogP contribution in [0.2, 0.25) is 5.02 Å². The van der Waals surface area contributed by atoms with Gasteiger partial charge in [-0.3, -0.25) is 20.4 Å². The van der Waals surface area contributed by atoms with E-state index in [2.05, 4.69) is 17.8 Å². The standard InChI is InChI=1S/C19H21ClN2O4/c1-3-14-4-6-15(7-5-14)25-11-18(23)21-22-19(24)12-26-16-8-9-17(20)13(2)10-16/h4-10H,3,11-12H2,1-2H3,(H,21,23)(H,22,24). The predicted molar refractivity (Wildman–Crippen MR) is 99.3 cm³/mol. The molecule has 7 heteroatoms. The minimum Gasteiger partial charge on any atom is -0.484 e. The Balaban J connectivity index is 1.67. The van der Waals surface area contributed by atoms with Crippen LogP contribution < -0.4 is 20.3 Å². The van der Waals surface area contributed by atoms with Crippen LogP contribution in [0.15, 0.2) is 42.5 Å². The summed E-state index contributed by atoms with van der Waals surface area (Å²) in [7, 11) is 0. The highest BCUT2D eigenvalue weighted by Gasteiger charge is 2.07. The van der Waals surface area contributed by atoms with E-state index >= 15 is 0 Å². The number of hydrogen-bond acceptors (Lipinski definition) is 4. The van der Waals surface area contributed by atoms with Crippen molar-refractivity contribution in [2.75, 3.05) is 13.2 Å². The fourth-order valence-electron chi connectivity index (χ4n) is 2.04. The summed E-state index contributed by atoms with van der Waals surface area (Å²) in [6.07, 6.45) is 0.935. The number of carbonyl (C=O) groups is 2. The van der Waals surface area contributed by atoms with Crippen molar-refractivity contribution in [2.24, 2.45) is 0 Å². The molecule has 0 radical (unpaired) electrons. The van der Waals surface area contributed by atoms with Gasteiger partial charge < -0.3 is 9.47 Å². The highest BCUT2D eigenvalue weighted by atomic mass is 35.5. The number of benzene rings is 2. The van der Waals surface area contributed by atoms with Gasteiger partial charge in [0.15, 0.2) is 13.2 Å². The van der Waals surface area contributed by atoms with E-state index < -0.39 is 11.8 Å². The van der Waals surface area contributed by atoms with Crippen LogP contribution in [0.5, 0.6) is 11.5 Å². The molecule has 0 bridgehead atoms. The first-order valence-electron chi connectivity index (χ1n) is 8.16. The van der Waals surface area contributed by atoms with E-state index in [0.29, 0.717) is 16.5 Å². The van der Waals surface area contributed by atoms with E-state index in [9.17, 15) is 9.59 Å². The van der Waals surface area contributed by atoms with Crippen molar-refractivity contribution in [2.45, 2.75) is 20.3 Å². The van der Waals surface area contributed by atoms with Crippen LogP contribution in [0.1, 0.15) is 18.1 Å². The van der Waals surface area contributed by atoms with Gasteiger partial charge in [-0.1, -0.05) is 30.7 Å². The maximum atomic E-state index is 11.7. The number of carbonyl (C=O) groups excluding carboxylic acids is 2. The predicted octanol–water partition coefficient (Wildman–Crippen LogP) is 2.82. The minimum absolute atomic E-state index is 0.205. The smallest absolute Gasteiger partial charge is 0.276 e. The summed E-state index contributed by atoms with van der Waals surface area (Å²) in [5, 5.41) is 0.624.